The summed E-state index contributed by atoms with van der Waals surface area (Å²) < 4.78 is 4.96. The van der Waals surface area contributed by atoms with Gasteiger partial charge in [0.1, 0.15) is 0 Å². The molecular weight excluding hydrogens is 244 g/mol. The number of aryl methyl sites for hydroxylation is 1. The molecule has 106 valence electrons. The molecule has 1 aliphatic rings. The topological polar surface area (TPSA) is 80.0 Å². The number of hydrogen-bond acceptors (Lipinski definition) is 5. The number of carbonyl (C=O) groups excluding carboxylic acids is 1. The Hall–Kier alpha value is -1.43. The summed E-state index contributed by atoms with van der Waals surface area (Å²) in [5.41, 5.74) is 0. The van der Waals surface area contributed by atoms with Crippen LogP contribution in [0, 0.1) is 6.92 Å². The highest BCUT2D eigenvalue weighted by atomic mass is 16.5. The lowest BCUT2D eigenvalue weighted by Gasteiger charge is -2.16. The molecule has 0 saturated heterocycles. The number of nitrogens with one attached hydrogen (secondary N) is 2. The van der Waals surface area contributed by atoms with E-state index in [0.717, 1.165) is 12.8 Å². The highest BCUT2D eigenvalue weighted by molar-refractivity contribution is 5.78. The lowest BCUT2D eigenvalue weighted by molar-refractivity contribution is -0.121. The largest absolute Gasteiger partial charge is 0.352 e. The fourth-order valence-corrected chi connectivity index (χ4v) is 2.40. The van der Waals surface area contributed by atoms with Gasteiger partial charge in [0.25, 0.3) is 0 Å². The van der Waals surface area contributed by atoms with Gasteiger partial charge in [-0.3, -0.25) is 10.1 Å². The Labute approximate surface area is 113 Å². The molecule has 1 heterocycles. The van der Waals surface area contributed by atoms with Crippen molar-refractivity contribution in [1.29, 1.82) is 0 Å². The van der Waals surface area contributed by atoms with Crippen LogP contribution in [0.25, 0.3) is 0 Å². The average Bonchev–Trinajstić information content (AvgIpc) is 2.63. The molecular formula is C13H22N4O2. The first kappa shape index (κ1) is 14.0. The van der Waals surface area contributed by atoms with E-state index in [1.165, 1.54) is 25.7 Å². The van der Waals surface area contributed by atoms with E-state index in [1.807, 2.05) is 0 Å². The van der Waals surface area contributed by atoms with Crippen LogP contribution in [0.5, 0.6) is 0 Å². The second kappa shape index (κ2) is 7.23. The van der Waals surface area contributed by atoms with Gasteiger partial charge in [-0.25, -0.2) is 0 Å². The first-order valence-electron chi connectivity index (χ1n) is 7.03. The maximum absolute atomic E-state index is 11.8. The third kappa shape index (κ3) is 4.98. The number of rotatable bonds is 5. The molecule has 1 aromatic rings. The molecule has 1 saturated carbocycles. The van der Waals surface area contributed by atoms with Crippen LogP contribution in [-0.2, 0) is 11.3 Å². The summed E-state index contributed by atoms with van der Waals surface area (Å²) in [4.78, 5) is 15.8. The Morgan fingerprint density at radius 1 is 1.32 bits per heavy atom. The van der Waals surface area contributed by atoms with Gasteiger partial charge in [-0.1, -0.05) is 30.8 Å². The van der Waals surface area contributed by atoms with Crippen molar-refractivity contribution < 1.29 is 9.32 Å². The molecule has 6 nitrogen and oxygen atoms in total. The molecule has 2 rings (SSSR count). The molecule has 0 radical (unpaired) electrons. The van der Waals surface area contributed by atoms with Gasteiger partial charge in [-0.15, -0.1) is 0 Å². The Kier molecular flexibility index (Phi) is 5.32. The molecule has 0 bridgehead atoms. The first-order valence-corrected chi connectivity index (χ1v) is 7.03. The lowest BCUT2D eigenvalue weighted by atomic mass is 10.1. The second-order valence-electron chi connectivity index (χ2n) is 5.09. The van der Waals surface area contributed by atoms with Gasteiger partial charge in [-0.2, -0.15) is 4.98 Å². The predicted octanol–water partition coefficient (Wildman–Crippen LogP) is 1.31. The van der Waals surface area contributed by atoms with E-state index >= 15 is 0 Å². The number of aromatic nitrogens is 2. The normalized spacial score (nSPS) is 17.1. The first-order chi connectivity index (χ1) is 9.24. The van der Waals surface area contributed by atoms with Crippen molar-refractivity contribution in [2.24, 2.45) is 0 Å². The van der Waals surface area contributed by atoms with Crippen LogP contribution in [0.15, 0.2) is 4.52 Å². The smallest absolute Gasteiger partial charge is 0.240 e. The number of hydrogen-bond donors (Lipinski definition) is 2. The van der Waals surface area contributed by atoms with E-state index in [-0.39, 0.29) is 12.5 Å². The summed E-state index contributed by atoms with van der Waals surface area (Å²) in [6.07, 6.45) is 7.24. The molecule has 6 heteroatoms. The average molecular weight is 266 g/mol. The van der Waals surface area contributed by atoms with E-state index < -0.39 is 0 Å². The van der Waals surface area contributed by atoms with Gasteiger partial charge in [-0.05, 0) is 19.8 Å². The van der Waals surface area contributed by atoms with Crippen LogP contribution in [-0.4, -0.2) is 28.6 Å². The summed E-state index contributed by atoms with van der Waals surface area (Å²) in [5.74, 6) is 1.17. The van der Waals surface area contributed by atoms with Crippen molar-refractivity contribution in [3.05, 3.63) is 11.7 Å². The van der Waals surface area contributed by atoms with Crippen LogP contribution in [0.3, 0.4) is 0 Å². The maximum atomic E-state index is 11.8. The van der Waals surface area contributed by atoms with E-state index in [4.69, 9.17) is 4.52 Å². The predicted molar refractivity (Wildman–Crippen MR) is 70.4 cm³/mol. The molecule has 1 amide bonds. The SMILES string of the molecule is Cc1noc(CNCC(=O)NC2CCCCCC2)n1. The molecule has 0 atom stereocenters. The molecule has 0 aromatic carbocycles. The van der Waals surface area contributed by atoms with Crippen LogP contribution < -0.4 is 10.6 Å². The molecule has 1 fully saturated rings. The summed E-state index contributed by atoms with van der Waals surface area (Å²) in [6.45, 7) is 2.49. The second-order valence-corrected chi connectivity index (χ2v) is 5.09. The van der Waals surface area contributed by atoms with Crippen LogP contribution in [0.4, 0.5) is 0 Å². The fraction of sp³-hybridized carbons (Fsp3) is 0.769. The van der Waals surface area contributed by atoms with Gasteiger partial charge in [0, 0.05) is 6.04 Å². The number of amides is 1. The van der Waals surface area contributed by atoms with Gasteiger partial charge >= 0.3 is 0 Å². The van der Waals surface area contributed by atoms with Crippen molar-refractivity contribution in [2.75, 3.05) is 6.54 Å². The summed E-state index contributed by atoms with van der Waals surface area (Å²) in [6, 6.07) is 0.349. The standard InChI is InChI=1S/C13H22N4O2/c1-10-15-13(19-17-10)9-14-8-12(18)16-11-6-4-2-3-5-7-11/h11,14H,2-9H2,1H3,(H,16,18). The lowest BCUT2D eigenvalue weighted by Crippen LogP contribution is -2.40. The zero-order valence-electron chi connectivity index (χ0n) is 11.4. The quantitative estimate of drug-likeness (QED) is 0.785. The van der Waals surface area contributed by atoms with Crippen LogP contribution >= 0.6 is 0 Å². The summed E-state index contributed by atoms with van der Waals surface area (Å²) >= 11 is 0. The van der Waals surface area contributed by atoms with E-state index in [0.29, 0.717) is 24.3 Å². The molecule has 0 aliphatic heterocycles. The fourth-order valence-electron chi connectivity index (χ4n) is 2.40. The van der Waals surface area contributed by atoms with Gasteiger partial charge in [0.05, 0.1) is 13.1 Å². The molecule has 19 heavy (non-hydrogen) atoms. The Bertz CT molecular complexity index is 397. The monoisotopic (exact) mass is 266 g/mol. The molecule has 1 aliphatic carbocycles. The number of carbonyl (C=O) groups is 1. The van der Waals surface area contributed by atoms with Crippen molar-refractivity contribution >= 4 is 5.91 Å². The highest BCUT2D eigenvalue weighted by Gasteiger charge is 2.14. The zero-order valence-corrected chi connectivity index (χ0v) is 11.4. The van der Waals surface area contributed by atoms with Crippen molar-refractivity contribution in [2.45, 2.75) is 58.0 Å². The van der Waals surface area contributed by atoms with E-state index in [9.17, 15) is 4.79 Å². The zero-order chi connectivity index (χ0) is 13.5. The minimum Gasteiger partial charge on any atom is -0.352 e. The minimum atomic E-state index is 0.0446. The van der Waals surface area contributed by atoms with Crippen LogP contribution in [0.1, 0.15) is 50.2 Å². The Morgan fingerprint density at radius 3 is 2.68 bits per heavy atom. The van der Waals surface area contributed by atoms with Crippen molar-refractivity contribution in [3.8, 4) is 0 Å². The summed E-state index contributed by atoms with van der Waals surface area (Å²) in [5, 5.41) is 9.79. The van der Waals surface area contributed by atoms with E-state index in [2.05, 4.69) is 20.8 Å². The van der Waals surface area contributed by atoms with E-state index in [1.54, 1.807) is 6.92 Å². The molecule has 0 spiro atoms. The van der Waals surface area contributed by atoms with Gasteiger partial charge < -0.3 is 9.84 Å². The third-order valence-electron chi connectivity index (χ3n) is 3.35. The Morgan fingerprint density at radius 2 is 2.05 bits per heavy atom. The number of nitrogens with zero attached hydrogens (tertiary/aromatic N) is 2. The molecule has 2 N–H and O–H groups in total. The highest BCUT2D eigenvalue weighted by Crippen LogP contribution is 2.16. The van der Waals surface area contributed by atoms with Gasteiger partial charge in [0.2, 0.25) is 11.8 Å². The molecule has 0 unspecified atom stereocenters. The van der Waals surface area contributed by atoms with Crippen molar-refractivity contribution in [1.82, 2.24) is 20.8 Å². The third-order valence-corrected chi connectivity index (χ3v) is 3.35. The Balaban J connectivity index is 1.63. The maximum Gasteiger partial charge on any atom is 0.240 e. The molecule has 1 aromatic heterocycles. The van der Waals surface area contributed by atoms with Crippen molar-refractivity contribution in [3.63, 3.8) is 0 Å². The van der Waals surface area contributed by atoms with Crippen LogP contribution in [0.2, 0.25) is 0 Å². The summed E-state index contributed by atoms with van der Waals surface area (Å²) in [7, 11) is 0. The van der Waals surface area contributed by atoms with Gasteiger partial charge in [0.15, 0.2) is 5.82 Å². The minimum absolute atomic E-state index is 0.0446.